The Balaban J connectivity index is 3.07. The van der Waals surface area contributed by atoms with Crippen LogP contribution >= 0.6 is 0 Å². The molecule has 5 heteroatoms. The van der Waals surface area contributed by atoms with E-state index in [0.29, 0.717) is 11.8 Å². The van der Waals surface area contributed by atoms with Crippen molar-refractivity contribution in [3.05, 3.63) is 29.8 Å². The van der Waals surface area contributed by atoms with Crippen LogP contribution in [0.15, 0.2) is 29.2 Å². The Morgan fingerprint density at radius 1 is 1.29 bits per heavy atom. The fourth-order valence-corrected chi connectivity index (χ4v) is 1.65. The Kier molecular flexibility index (Phi) is 3.03. The first-order valence-corrected chi connectivity index (χ1v) is 5.85. The van der Waals surface area contributed by atoms with E-state index < -0.39 is 15.9 Å². The quantitative estimate of drug-likeness (QED) is 0.732. The molecule has 1 aromatic rings. The van der Waals surface area contributed by atoms with Gasteiger partial charge in [0.15, 0.2) is 9.84 Å². The summed E-state index contributed by atoms with van der Waals surface area (Å²) in [7, 11) is -3.18. The Hall–Kier alpha value is -1.20. The topological polar surface area (TPSA) is 77.2 Å². The number of carbonyl (C=O) groups excluding carboxylic acids is 1. The summed E-state index contributed by atoms with van der Waals surface area (Å²) in [6, 6.07) is 5.26. The minimum atomic E-state index is -3.18. The number of carbonyl (C=O) groups is 1. The van der Waals surface area contributed by atoms with E-state index in [1.165, 1.54) is 24.3 Å². The lowest BCUT2D eigenvalue weighted by Gasteiger charge is -2.04. The van der Waals surface area contributed by atoms with Crippen molar-refractivity contribution in [2.75, 3.05) is 6.26 Å². The van der Waals surface area contributed by atoms with Crippen molar-refractivity contribution in [2.24, 2.45) is 5.73 Å². The van der Waals surface area contributed by atoms with E-state index in [1.807, 2.05) is 0 Å². The number of nitrogens with two attached hydrogens (primary N) is 1. The number of hydrogen-bond donors (Lipinski definition) is 1. The molecule has 76 valence electrons. The number of hydrogen-bond acceptors (Lipinski definition) is 4. The smallest absolute Gasteiger partial charge is 0.175 e. The molecule has 14 heavy (non-hydrogen) atoms. The van der Waals surface area contributed by atoms with E-state index >= 15 is 0 Å². The zero-order valence-corrected chi connectivity index (χ0v) is 8.49. The van der Waals surface area contributed by atoms with Crippen LogP contribution in [0, 0.1) is 0 Å². The van der Waals surface area contributed by atoms with Crippen molar-refractivity contribution >= 4 is 16.1 Å². The van der Waals surface area contributed by atoms with Crippen LogP contribution in [0.3, 0.4) is 0 Å². The summed E-state index contributed by atoms with van der Waals surface area (Å²) in [6.07, 6.45) is 1.73. The molecular weight excluding hydrogens is 202 g/mol. The van der Waals surface area contributed by atoms with Gasteiger partial charge >= 0.3 is 0 Å². The molecule has 0 fully saturated rings. The van der Waals surface area contributed by atoms with Gasteiger partial charge in [-0.15, -0.1) is 0 Å². The maximum absolute atomic E-state index is 11.1. The third-order valence-corrected chi connectivity index (χ3v) is 2.97. The van der Waals surface area contributed by atoms with Crippen LogP contribution in [0.5, 0.6) is 0 Å². The Labute approximate surface area is 82.7 Å². The normalized spacial score (nSPS) is 13.6. The molecule has 0 bridgehead atoms. The molecule has 0 aliphatic carbocycles. The van der Waals surface area contributed by atoms with Crippen LogP contribution < -0.4 is 5.73 Å². The molecule has 1 unspecified atom stereocenters. The van der Waals surface area contributed by atoms with Gasteiger partial charge in [0.05, 0.1) is 10.9 Å². The summed E-state index contributed by atoms with van der Waals surface area (Å²) in [4.78, 5) is 10.6. The highest BCUT2D eigenvalue weighted by molar-refractivity contribution is 7.90. The zero-order chi connectivity index (χ0) is 10.8. The average Bonchev–Trinajstić information content (AvgIpc) is 2.15. The molecule has 1 atom stereocenters. The second kappa shape index (κ2) is 3.89. The van der Waals surface area contributed by atoms with Crippen LogP contribution in [0.25, 0.3) is 0 Å². The Bertz CT molecular complexity index is 422. The second-order valence-corrected chi connectivity index (χ2v) is 5.02. The van der Waals surface area contributed by atoms with E-state index in [2.05, 4.69) is 0 Å². The minimum absolute atomic E-state index is 0.222. The van der Waals surface area contributed by atoms with E-state index in [1.54, 1.807) is 0 Å². The van der Waals surface area contributed by atoms with Gasteiger partial charge < -0.3 is 10.5 Å². The van der Waals surface area contributed by atoms with Crippen molar-refractivity contribution in [2.45, 2.75) is 10.9 Å². The summed E-state index contributed by atoms with van der Waals surface area (Å²) < 4.78 is 22.2. The predicted molar refractivity (Wildman–Crippen MR) is 52.5 cm³/mol. The van der Waals surface area contributed by atoms with Crippen molar-refractivity contribution in [3.8, 4) is 0 Å². The van der Waals surface area contributed by atoms with Crippen molar-refractivity contribution in [3.63, 3.8) is 0 Å². The van der Waals surface area contributed by atoms with Crippen molar-refractivity contribution in [1.29, 1.82) is 0 Å². The first kappa shape index (κ1) is 10.9. The number of rotatable bonds is 3. The van der Waals surface area contributed by atoms with Gasteiger partial charge in [-0.1, -0.05) is 12.1 Å². The fourth-order valence-electron chi connectivity index (χ4n) is 1.02. The molecule has 0 aliphatic rings. The molecule has 1 rings (SSSR count). The molecule has 0 spiro atoms. The SMILES string of the molecule is CS(=O)(=O)c1ccc(C(N)C=O)cc1. The number of sulfone groups is 1. The molecule has 2 N–H and O–H groups in total. The highest BCUT2D eigenvalue weighted by Gasteiger charge is 2.08. The van der Waals surface area contributed by atoms with Gasteiger partial charge in [0.1, 0.15) is 6.29 Å². The minimum Gasteiger partial charge on any atom is -0.318 e. The maximum Gasteiger partial charge on any atom is 0.175 e. The van der Waals surface area contributed by atoms with Crippen LogP contribution in [0.1, 0.15) is 11.6 Å². The molecule has 0 saturated heterocycles. The Morgan fingerprint density at radius 2 is 1.79 bits per heavy atom. The van der Waals surface area contributed by atoms with E-state index in [0.717, 1.165) is 6.26 Å². The summed E-state index contributed by atoms with van der Waals surface area (Å²) in [6.45, 7) is 0. The third kappa shape index (κ3) is 2.40. The molecule has 0 saturated carbocycles. The van der Waals surface area contributed by atoms with Crippen LogP contribution in [-0.4, -0.2) is 21.0 Å². The second-order valence-electron chi connectivity index (χ2n) is 3.00. The first-order chi connectivity index (χ1) is 6.45. The van der Waals surface area contributed by atoms with E-state index in [4.69, 9.17) is 5.73 Å². The number of benzene rings is 1. The van der Waals surface area contributed by atoms with Crippen molar-refractivity contribution in [1.82, 2.24) is 0 Å². The molecule has 1 aromatic carbocycles. The highest BCUT2D eigenvalue weighted by Crippen LogP contribution is 2.13. The highest BCUT2D eigenvalue weighted by atomic mass is 32.2. The Morgan fingerprint density at radius 3 is 2.14 bits per heavy atom. The fraction of sp³-hybridized carbons (Fsp3) is 0.222. The van der Waals surface area contributed by atoms with Gasteiger partial charge in [-0.3, -0.25) is 0 Å². The summed E-state index contributed by atoms with van der Waals surface area (Å²) in [5, 5.41) is 0. The van der Waals surface area contributed by atoms with Gasteiger partial charge in [-0.2, -0.15) is 0 Å². The van der Waals surface area contributed by atoms with Crippen LogP contribution in [-0.2, 0) is 14.6 Å². The van der Waals surface area contributed by atoms with E-state index in [9.17, 15) is 13.2 Å². The molecule has 4 nitrogen and oxygen atoms in total. The van der Waals surface area contributed by atoms with Crippen LogP contribution in [0.4, 0.5) is 0 Å². The lowest BCUT2D eigenvalue weighted by molar-refractivity contribution is -0.109. The van der Waals surface area contributed by atoms with E-state index in [-0.39, 0.29) is 4.90 Å². The first-order valence-electron chi connectivity index (χ1n) is 3.96. The van der Waals surface area contributed by atoms with Gasteiger partial charge in [0.2, 0.25) is 0 Å². The lowest BCUT2D eigenvalue weighted by Crippen LogP contribution is -2.11. The van der Waals surface area contributed by atoms with Crippen molar-refractivity contribution < 1.29 is 13.2 Å². The molecule has 0 aromatic heterocycles. The largest absolute Gasteiger partial charge is 0.318 e. The molecular formula is C9H11NO3S. The lowest BCUT2D eigenvalue weighted by atomic mass is 10.1. The zero-order valence-electron chi connectivity index (χ0n) is 7.67. The third-order valence-electron chi connectivity index (χ3n) is 1.84. The average molecular weight is 213 g/mol. The molecule has 0 radical (unpaired) electrons. The predicted octanol–water partition coefficient (Wildman–Crippen LogP) is 0.289. The molecule has 0 amide bonds. The molecule has 0 heterocycles. The monoisotopic (exact) mass is 213 g/mol. The van der Waals surface area contributed by atoms with Gasteiger partial charge in [0, 0.05) is 6.26 Å². The molecule has 0 aliphatic heterocycles. The summed E-state index contributed by atoms with van der Waals surface area (Å²) in [5.74, 6) is 0. The maximum atomic E-state index is 11.1. The van der Waals surface area contributed by atoms with Gasteiger partial charge in [0.25, 0.3) is 0 Å². The standard InChI is InChI=1S/C9H11NO3S/c1-14(12,13)8-4-2-7(3-5-8)9(10)6-11/h2-6,9H,10H2,1H3. The van der Waals surface area contributed by atoms with Gasteiger partial charge in [-0.05, 0) is 17.7 Å². The number of aldehydes is 1. The van der Waals surface area contributed by atoms with Crippen LogP contribution in [0.2, 0.25) is 0 Å². The summed E-state index contributed by atoms with van der Waals surface area (Å²) >= 11 is 0. The summed E-state index contributed by atoms with van der Waals surface area (Å²) in [5.41, 5.74) is 6.04. The van der Waals surface area contributed by atoms with Gasteiger partial charge in [-0.25, -0.2) is 8.42 Å².